The molecule has 0 amide bonds. The second kappa shape index (κ2) is 2.21. The van der Waals surface area contributed by atoms with Crippen molar-refractivity contribution in [3.05, 3.63) is 0 Å². The van der Waals surface area contributed by atoms with Gasteiger partial charge < -0.3 is 4.90 Å². The molecule has 0 aliphatic rings. The van der Waals surface area contributed by atoms with Gasteiger partial charge in [0.05, 0.1) is 0 Å². The van der Waals surface area contributed by atoms with E-state index in [1.54, 1.807) is 0 Å². The minimum absolute atomic E-state index is 0.208. The second-order valence-corrected chi connectivity index (χ2v) is 0.628. The highest BCUT2D eigenvalue weighted by Gasteiger charge is 1.72. The van der Waals surface area contributed by atoms with Crippen molar-refractivity contribution in [1.82, 2.24) is 4.90 Å². The molecule has 0 bridgehead atoms. The maximum atomic E-state index is 7.05. The van der Waals surface area contributed by atoms with Gasteiger partial charge in [-0.25, -0.2) is 0 Å². The van der Waals surface area contributed by atoms with Crippen molar-refractivity contribution in [3.8, 4) is 0 Å². The van der Waals surface area contributed by atoms with E-state index >= 15 is 0 Å². The van der Waals surface area contributed by atoms with Crippen molar-refractivity contribution in [3.63, 3.8) is 0 Å². The summed E-state index contributed by atoms with van der Waals surface area (Å²) in [7, 11) is 0. The largest absolute Gasteiger partial charge is 0.310 e. The van der Waals surface area contributed by atoms with Crippen LogP contribution in [0.1, 0.15) is 16.5 Å². The summed E-state index contributed by atoms with van der Waals surface area (Å²) in [6, 6.07) is 0. The quantitative estimate of drug-likeness (QED) is 0.445. The standard InChI is InChI=1S/C4H11N/c1-4-5(2)3/h4H2,1-3H3/i2D3,3D3,4D. The number of nitrogens with zero attached hydrogens (tertiary/aromatic N) is 1. The molecule has 0 rings (SSSR count). The molecule has 32 valence electrons. The zero-order valence-electron chi connectivity index (χ0n) is 10.0. The third-order valence-electron chi connectivity index (χ3n) is 0.258. The van der Waals surface area contributed by atoms with Crippen LogP contribution < -0.4 is 0 Å². The topological polar surface area (TPSA) is 3.24 Å². The van der Waals surface area contributed by atoms with E-state index in [2.05, 4.69) is 0 Å². The van der Waals surface area contributed by atoms with Gasteiger partial charge in [-0.1, -0.05) is 6.92 Å². The van der Waals surface area contributed by atoms with Crippen molar-refractivity contribution >= 4 is 0 Å². The Hall–Kier alpha value is -0.0400. The Bertz CT molecular complexity index is 130. The van der Waals surface area contributed by atoms with Crippen LogP contribution in [0, 0.1) is 0 Å². The minimum atomic E-state index is -2.74. The number of hydrogen-bond acceptors (Lipinski definition) is 1. The first kappa shape index (κ1) is 0.648. The fourth-order valence-electron chi connectivity index (χ4n) is 0. The Morgan fingerprint density at radius 1 is 2.00 bits per heavy atom. The van der Waals surface area contributed by atoms with Gasteiger partial charge in [0, 0.05) is 9.60 Å². The van der Waals surface area contributed by atoms with Crippen molar-refractivity contribution in [2.45, 2.75) is 6.92 Å². The molecule has 1 heteroatoms. The maximum absolute atomic E-state index is 7.05. The SMILES string of the molecule is [2H]C(C)N(C([2H])([2H])[2H])C([2H])([2H])[2H]. The van der Waals surface area contributed by atoms with Gasteiger partial charge in [-0.15, -0.1) is 0 Å². The first-order valence-electron chi connectivity index (χ1n) is 4.86. The van der Waals surface area contributed by atoms with Crippen LogP contribution in [0.2, 0.25) is 0 Å². The van der Waals surface area contributed by atoms with Crippen molar-refractivity contribution in [2.75, 3.05) is 20.5 Å². The van der Waals surface area contributed by atoms with Crippen molar-refractivity contribution < 1.29 is 9.60 Å². The van der Waals surface area contributed by atoms with Gasteiger partial charge in [0.2, 0.25) is 0 Å². The van der Waals surface area contributed by atoms with E-state index in [1.807, 2.05) is 0 Å². The third-order valence-corrected chi connectivity index (χ3v) is 0.258. The molecule has 0 saturated carbocycles. The molecule has 5 heavy (non-hydrogen) atoms. The van der Waals surface area contributed by atoms with Crippen LogP contribution in [-0.2, 0) is 0 Å². The molecule has 1 nitrogen and oxygen atoms in total. The summed E-state index contributed by atoms with van der Waals surface area (Å²) < 4.78 is 48.2. The normalized spacial score (nSPS) is 41.6. The Balaban J connectivity index is 4.70. The van der Waals surface area contributed by atoms with Crippen LogP contribution in [0.25, 0.3) is 0 Å². The van der Waals surface area contributed by atoms with Crippen LogP contribution >= 0.6 is 0 Å². The van der Waals surface area contributed by atoms with Gasteiger partial charge in [-0.05, 0) is 20.5 Å². The van der Waals surface area contributed by atoms with Crippen LogP contribution in [-0.4, -0.2) is 25.4 Å². The lowest BCUT2D eigenvalue weighted by molar-refractivity contribution is 0.434. The summed E-state index contributed by atoms with van der Waals surface area (Å²) in [5.41, 5.74) is 0. The molecule has 0 radical (unpaired) electrons. The fraction of sp³-hybridized carbons (Fsp3) is 1.00. The van der Waals surface area contributed by atoms with Crippen LogP contribution in [0.15, 0.2) is 0 Å². The van der Waals surface area contributed by atoms with Crippen molar-refractivity contribution in [2.24, 2.45) is 0 Å². The van der Waals surface area contributed by atoms with Crippen LogP contribution in [0.4, 0.5) is 0 Å². The molecule has 0 saturated heterocycles. The van der Waals surface area contributed by atoms with Crippen LogP contribution in [0.3, 0.4) is 0 Å². The monoisotopic (exact) mass is 80.1 g/mol. The van der Waals surface area contributed by atoms with Gasteiger partial charge in [-0.2, -0.15) is 0 Å². The molecule has 0 aliphatic heterocycles. The number of hydrogen-bond donors (Lipinski definition) is 0. The highest BCUT2D eigenvalue weighted by atomic mass is 15.0. The molecule has 1 atom stereocenters. The molecular formula is C4H11N. The maximum Gasteiger partial charge on any atom is 0.0427 e. The zero-order valence-corrected chi connectivity index (χ0v) is 3.02. The van der Waals surface area contributed by atoms with E-state index in [0.717, 1.165) is 0 Å². The van der Waals surface area contributed by atoms with E-state index in [1.165, 1.54) is 6.92 Å². The summed E-state index contributed by atoms with van der Waals surface area (Å²) in [6.45, 7) is -5.55. The summed E-state index contributed by atoms with van der Waals surface area (Å²) in [5, 5.41) is 0. The summed E-state index contributed by atoms with van der Waals surface area (Å²) in [5.74, 6) is 0. The average Bonchev–Trinajstić information content (AvgIpc) is 1.49. The van der Waals surface area contributed by atoms with Gasteiger partial charge in [0.15, 0.2) is 0 Å². The lowest BCUT2D eigenvalue weighted by Gasteiger charge is -2.00. The second-order valence-electron chi connectivity index (χ2n) is 0.628. The van der Waals surface area contributed by atoms with Gasteiger partial charge >= 0.3 is 0 Å². The Morgan fingerprint density at radius 2 is 2.60 bits per heavy atom. The summed E-state index contributed by atoms with van der Waals surface area (Å²) >= 11 is 0. The smallest absolute Gasteiger partial charge is 0.0427 e. The lowest BCUT2D eigenvalue weighted by atomic mass is 10.7. The first-order valence-corrected chi connectivity index (χ1v) is 1.28. The van der Waals surface area contributed by atoms with E-state index < -0.39 is 20.5 Å². The van der Waals surface area contributed by atoms with E-state index in [4.69, 9.17) is 9.60 Å². The molecule has 0 aromatic heterocycles. The Morgan fingerprint density at radius 3 is 2.60 bits per heavy atom. The molecule has 0 heterocycles. The molecule has 0 fully saturated rings. The Kier molecular flexibility index (Phi) is 0.287. The predicted octanol–water partition coefficient (Wildman–Crippen LogP) is 0.568. The van der Waals surface area contributed by atoms with Crippen LogP contribution in [0.5, 0.6) is 0 Å². The summed E-state index contributed by atoms with van der Waals surface area (Å²) in [4.78, 5) is 0.208. The molecule has 0 aliphatic carbocycles. The highest BCUT2D eigenvalue weighted by Crippen LogP contribution is 1.63. The van der Waals surface area contributed by atoms with Gasteiger partial charge in [0.25, 0.3) is 0 Å². The van der Waals surface area contributed by atoms with E-state index in [9.17, 15) is 0 Å². The molecule has 0 aromatic carbocycles. The van der Waals surface area contributed by atoms with E-state index in [-0.39, 0.29) is 4.90 Å². The third kappa shape index (κ3) is 3.96. The average molecular weight is 80.2 g/mol. The van der Waals surface area contributed by atoms with E-state index in [0.29, 0.717) is 0 Å². The minimum Gasteiger partial charge on any atom is -0.310 e. The van der Waals surface area contributed by atoms with Crippen molar-refractivity contribution in [1.29, 1.82) is 0 Å². The first-order chi connectivity index (χ1) is 5.07. The zero-order chi connectivity index (χ0) is 10.2. The van der Waals surface area contributed by atoms with Gasteiger partial charge in [-0.3, -0.25) is 0 Å². The molecule has 0 N–H and O–H groups in total. The molecule has 0 spiro atoms. The molecule has 1 unspecified atom stereocenters. The highest BCUT2D eigenvalue weighted by molar-refractivity contribution is 4.25. The molecular weight excluding hydrogens is 62.1 g/mol. The Labute approximate surface area is 43.4 Å². The predicted molar refractivity (Wildman–Crippen MR) is 24.2 cm³/mol. The fourth-order valence-corrected chi connectivity index (χ4v) is 0. The lowest BCUT2D eigenvalue weighted by Crippen LogP contribution is -2.08. The summed E-state index contributed by atoms with van der Waals surface area (Å²) in [6.07, 6.45) is 0. The number of rotatable bonds is 1. The molecule has 0 aromatic rings. The van der Waals surface area contributed by atoms with Gasteiger partial charge in [0.1, 0.15) is 0 Å².